The number of rotatable bonds is 7. The summed E-state index contributed by atoms with van der Waals surface area (Å²) in [6.45, 7) is 4.37. The Morgan fingerprint density at radius 2 is 1.89 bits per heavy atom. The fraction of sp³-hybridized carbons (Fsp3) is 0.207. The molecule has 188 valence electrons. The minimum absolute atomic E-state index is 0.0770. The molecule has 1 fully saturated rings. The Morgan fingerprint density at radius 1 is 1.08 bits per heavy atom. The zero-order chi connectivity index (χ0) is 25.9. The Labute approximate surface area is 226 Å². The van der Waals surface area contributed by atoms with Gasteiger partial charge in [0, 0.05) is 35.4 Å². The highest BCUT2D eigenvalue weighted by Crippen LogP contribution is 2.41. The number of hydrogen-bond acceptors (Lipinski definition) is 4. The van der Waals surface area contributed by atoms with Gasteiger partial charge in [0.1, 0.15) is 17.6 Å². The van der Waals surface area contributed by atoms with Crippen LogP contribution in [0.3, 0.4) is 0 Å². The van der Waals surface area contributed by atoms with E-state index in [-0.39, 0.29) is 24.4 Å². The molecule has 8 heteroatoms. The van der Waals surface area contributed by atoms with Crippen LogP contribution in [0.15, 0.2) is 83.4 Å². The smallest absolute Gasteiger partial charge is 0.226 e. The highest BCUT2D eigenvalue weighted by Gasteiger charge is 2.41. The molecule has 2 atom stereocenters. The lowest BCUT2D eigenvalue weighted by atomic mass is 10.0. The average molecular weight is 531 g/mol. The summed E-state index contributed by atoms with van der Waals surface area (Å²) in [5, 5.41) is 7.65. The van der Waals surface area contributed by atoms with Crippen molar-refractivity contribution >= 4 is 40.5 Å². The second-order valence-corrected chi connectivity index (χ2v) is 9.84. The molecule has 0 radical (unpaired) electrons. The Bertz CT molecular complexity index is 1440. The van der Waals surface area contributed by atoms with Gasteiger partial charge in [-0.2, -0.15) is 0 Å². The Balaban J connectivity index is 1.42. The maximum Gasteiger partial charge on any atom is 0.226 e. The van der Waals surface area contributed by atoms with Gasteiger partial charge in [0.15, 0.2) is 5.11 Å². The summed E-state index contributed by atoms with van der Waals surface area (Å²) in [6.07, 6.45) is 2.03. The molecular weight excluding hydrogens is 504 g/mol. The zero-order valence-electron chi connectivity index (χ0n) is 20.6. The summed E-state index contributed by atoms with van der Waals surface area (Å²) in [5.41, 5.74) is 4.56. The number of para-hydroxylation sites is 1. The minimum atomic E-state index is -0.276. The summed E-state index contributed by atoms with van der Waals surface area (Å²) in [7, 11) is 0. The number of nitrogens with one attached hydrogen (secondary N) is 2. The lowest BCUT2D eigenvalue weighted by Crippen LogP contribution is -2.32. The molecule has 1 aliphatic heterocycles. The third-order valence-corrected chi connectivity index (χ3v) is 7.41. The maximum atomic E-state index is 12.8. The molecule has 2 N–H and O–H groups in total. The summed E-state index contributed by atoms with van der Waals surface area (Å²) < 4.78 is 6.41. The summed E-state index contributed by atoms with van der Waals surface area (Å²) in [5.74, 6) is 1.38. The second-order valence-electron chi connectivity index (χ2n) is 9.05. The van der Waals surface area contributed by atoms with E-state index in [9.17, 15) is 4.79 Å². The highest BCUT2D eigenvalue weighted by molar-refractivity contribution is 7.80. The first-order valence-corrected chi connectivity index (χ1v) is 12.9. The normalized spacial score (nSPS) is 17.1. The fourth-order valence-corrected chi connectivity index (χ4v) is 5.14. The molecule has 3 heterocycles. The van der Waals surface area contributed by atoms with Crippen LogP contribution in [0.2, 0.25) is 5.02 Å². The number of benzene rings is 2. The number of pyridine rings is 1. The van der Waals surface area contributed by atoms with Gasteiger partial charge in [-0.3, -0.25) is 9.78 Å². The summed E-state index contributed by atoms with van der Waals surface area (Å²) in [4.78, 5) is 19.4. The first-order chi connectivity index (χ1) is 17.9. The van der Waals surface area contributed by atoms with Crippen molar-refractivity contribution < 1.29 is 9.21 Å². The van der Waals surface area contributed by atoms with Crippen molar-refractivity contribution in [1.29, 1.82) is 0 Å². The van der Waals surface area contributed by atoms with Gasteiger partial charge in [0.05, 0.1) is 11.7 Å². The first kappa shape index (κ1) is 25.0. The number of anilines is 1. The average Bonchev–Trinajstić information content (AvgIpc) is 3.51. The van der Waals surface area contributed by atoms with Gasteiger partial charge >= 0.3 is 0 Å². The second kappa shape index (κ2) is 10.7. The Kier molecular flexibility index (Phi) is 7.26. The SMILES string of the molecule is Cc1ccccc1NC(=O)CCN1C(=S)N[C@@H](c2ccccn2)[C@@H]1c1ccc(-c2cccc(Cl)c2C)o1. The zero-order valence-corrected chi connectivity index (χ0v) is 22.1. The van der Waals surface area contributed by atoms with E-state index in [0.717, 1.165) is 39.6 Å². The third-order valence-electron chi connectivity index (χ3n) is 6.65. The molecule has 4 aromatic rings. The number of carbonyl (C=O) groups is 1. The molecule has 1 amide bonds. The van der Waals surface area contributed by atoms with Crippen LogP contribution in [0, 0.1) is 13.8 Å². The van der Waals surface area contributed by atoms with E-state index < -0.39 is 0 Å². The first-order valence-electron chi connectivity index (χ1n) is 12.1. The molecule has 2 aromatic heterocycles. The van der Waals surface area contributed by atoms with Gasteiger partial charge in [-0.1, -0.05) is 48.0 Å². The molecule has 0 spiro atoms. The monoisotopic (exact) mass is 530 g/mol. The van der Waals surface area contributed by atoms with E-state index in [1.807, 2.05) is 91.5 Å². The molecule has 6 nitrogen and oxygen atoms in total. The molecule has 0 saturated carbocycles. The predicted molar refractivity (Wildman–Crippen MR) is 150 cm³/mol. The van der Waals surface area contributed by atoms with E-state index >= 15 is 0 Å². The summed E-state index contributed by atoms with van der Waals surface area (Å²) in [6, 6.07) is 22.7. The molecule has 5 rings (SSSR count). The standard InChI is InChI=1S/C29H27ClN4O2S/c1-18-8-3-4-11-22(18)32-26(35)15-17-34-28(27(33-29(34)37)23-12-5-6-16-31-23)25-14-13-24(36-25)20-9-7-10-21(30)19(20)2/h3-14,16,27-28H,15,17H2,1-2H3,(H,32,35)(H,33,37)/t27-,28-/m0/s1. The number of furan rings is 1. The molecule has 37 heavy (non-hydrogen) atoms. The number of hydrogen-bond donors (Lipinski definition) is 2. The maximum absolute atomic E-state index is 12.8. The van der Waals surface area contributed by atoms with Crippen LogP contribution in [0.25, 0.3) is 11.3 Å². The van der Waals surface area contributed by atoms with Crippen molar-refractivity contribution in [1.82, 2.24) is 15.2 Å². The molecule has 1 saturated heterocycles. The topological polar surface area (TPSA) is 70.4 Å². The number of aromatic nitrogens is 1. The van der Waals surface area contributed by atoms with Crippen LogP contribution in [-0.2, 0) is 4.79 Å². The predicted octanol–water partition coefficient (Wildman–Crippen LogP) is 6.61. The van der Waals surface area contributed by atoms with E-state index in [0.29, 0.717) is 16.7 Å². The summed E-state index contributed by atoms with van der Waals surface area (Å²) >= 11 is 12.1. The van der Waals surface area contributed by atoms with E-state index in [2.05, 4.69) is 15.6 Å². The van der Waals surface area contributed by atoms with Crippen LogP contribution in [0.1, 0.15) is 41.1 Å². The van der Waals surface area contributed by atoms with Crippen LogP contribution in [-0.4, -0.2) is 27.4 Å². The molecule has 1 aliphatic rings. The van der Waals surface area contributed by atoms with E-state index in [1.54, 1.807) is 6.20 Å². The van der Waals surface area contributed by atoms with Gasteiger partial charge in [-0.15, -0.1) is 0 Å². The number of aryl methyl sites for hydroxylation is 1. The van der Waals surface area contributed by atoms with Crippen molar-refractivity contribution in [3.8, 4) is 11.3 Å². The third kappa shape index (κ3) is 5.24. The van der Waals surface area contributed by atoms with Crippen molar-refractivity contribution in [2.75, 3.05) is 11.9 Å². The van der Waals surface area contributed by atoms with Crippen molar-refractivity contribution in [3.05, 3.63) is 107 Å². The lowest BCUT2D eigenvalue weighted by molar-refractivity contribution is -0.116. The van der Waals surface area contributed by atoms with Crippen LogP contribution in [0.4, 0.5) is 5.69 Å². The lowest BCUT2D eigenvalue weighted by Gasteiger charge is -2.26. The van der Waals surface area contributed by atoms with E-state index in [1.165, 1.54) is 0 Å². The minimum Gasteiger partial charge on any atom is -0.459 e. The van der Waals surface area contributed by atoms with Gasteiger partial charge < -0.3 is 20.0 Å². The van der Waals surface area contributed by atoms with Crippen LogP contribution in [0.5, 0.6) is 0 Å². The van der Waals surface area contributed by atoms with Crippen LogP contribution >= 0.6 is 23.8 Å². The molecule has 0 unspecified atom stereocenters. The van der Waals surface area contributed by atoms with Gasteiger partial charge in [-0.05, 0) is 73.6 Å². The number of thiocarbonyl (C=S) groups is 1. The number of amides is 1. The van der Waals surface area contributed by atoms with Crippen molar-refractivity contribution in [3.63, 3.8) is 0 Å². The number of nitrogens with zero attached hydrogens (tertiary/aromatic N) is 2. The van der Waals surface area contributed by atoms with Crippen molar-refractivity contribution in [2.24, 2.45) is 0 Å². The van der Waals surface area contributed by atoms with Gasteiger partial charge in [0.25, 0.3) is 0 Å². The molecule has 0 aliphatic carbocycles. The molecule has 2 aromatic carbocycles. The quantitative estimate of drug-likeness (QED) is 0.262. The van der Waals surface area contributed by atoms with Crippen molar-refractivity contribution in [2.45, 2.75) is 32.4 Å². The Morgan fingerprint density at radius 3 is 2.68 bits per heavy atom. The fourth-order valence-electron chi connectivity index (χ4n) is 4.63. The number of carbonyl (C=O) groups excluding carboxylic acids is 1. The largest absolute Gasteiger partial charge is 0.459 e. The molecule has 0 bridgehead atoms. The Hall–Kier alpha value is -3.68. The highest BCUT2D eigenvalue weighted by atomic mass is 35.5. The van der Waals surface area contributed by atoms with E-state index in [4.69, 9.17) is 28.2 Å². The van der Waals surface area contributed by atoms with Crippen LogP contribution < -0.4 is 10.6 Å². The van der Waals surface area contributed by atoms with Gasteiger partial charge in [0.2, 0.25) is 5.91 Å². The molecular formula is C29H27ClN4O2S. The number of halogens is 1. The van der Waals surface area contributed by atoms with Gasteiger partial charge in [-0.25, -0.2) is 0 Å².